The predicted octanol–water partition coefficient (Wildman–Crippen LogP) is 2.10. The molecule has 20 heavy (non-hydrogen) atoms. The fraction of sp³-hybridized carbons (Fsp3) is 0.357. The Kier molecular flexibility index (Phi) is 4.81. The number of hydrogen-bond acceptors (Lipinski definition) is 3. The summed E-state index contributed by atoms with van der Waals surface area (Å²) < 4.78 is 33.7. The summed E-state index contributed by atoms with van der Waals surface area (Å²) in [4.78, 5) is 0. The highest BCUT2D eigenvalue weighted by Gasteiger charge is 2.14. The zero-order valence-corrected chi connectivity index (χ0v) is 11.5. The van der Waals surface area contributed by atoms with Gasteiger partial charge in [-0.15, -0.1) is 0 Å². The minimum atomic E-state index is -0.483. The molecule has 0 saturated heterocycles. The smallest absolute Gasteiger partial charge is 0.132 e. The van der Waals surface area contributed by atoms with Crippen molar-refractivity contribution in [2.24, 2.45) is 7.05 Å². The Balaban J connectivity index is 2.25. The predicted molar refractivity (Wildman–Crippen MR) is 72.1 cm³/mol. The van der Waals surface area contributed by atoms with Crippen LogP contribution in [0.4, 0.5) is 8.78 Å². The molecule has 0 saturated carbocycles. The van der Waals surface area contributed by atoms with Crippen molar-refractivity contribution in [2.75, 3.05) is 20.3 Å². The first-order chi connectivity index (χ1) is 9.61. The van der Waals surface area contributed by atoms with Crippen LogP contribution in [-0.4, -0.2) is 30.0 Å². The van der Waals surface area contributed by atoms with Crippen LogP contribution < -0.4 is 5.32 Å². The summed E-state index contributed by atoms with van der Waals surface area (Å²) in [6.07, 6.45) is 1.79. The number of hydrogen-bond donors (Lipinski definition) is 1. The van der Waals surface area contributed by atoms with E-state index in [1.54, 1.807) is 25.0 Å². The molecule has 0 radical (unpaired) electrons. The average molecular weight is 281 g/mol. The first kappa shape index (κ1) is 14.6. The molecule has 4 nitrogen and oxygen atoms in total. The number of aryl methyl sites for hydroxylation is 1. The van der Waals surface area contributed by atoms with Crippen LogP contribution in [0.25, 0.3) is 11.3 Å². The molecule has 1 heterocycles. The molecule has 6 heteroatoms. The van der Waals surface area contributed by atoms with Gasteiger partial charge in [-0.1, -0.05) is 0 Å². The van der Waals surface area contributed by atoms with Crippen LogP contribution in [0, 0.1) is 11.6 Å². The van der Waals surface area contributed by atoms with Gasteiger partial charge in [-0.3, -0.25) is 4.68 Å². The summed E-state index contributed by atoms with van der Waals surface area (Å²) in [6.45, 7) is 1.78. The summed E-state index contributed by atoms with van der Waals surface area (Å²) in [5.41, 5.74) is 1.44. The Hall–Kier alpha value is -1.79. The molecule has 2 rings (SSSR count). The lowest BCUT2D eigenvalue weighted by Crippen LogP contribution is -2.18. The maximum Gasteiger partial charge on any atom is 0.132 e. The molecule has 0 aliphatic heterocycles. The van der Waals surface area contributed by atoms with E-state index in [0.29, 0.717) is 25.4 Å². The van der Waals surface area contributed by atoms with Crippen LogP contribution in [-0.2, 0) is 18.3 Å². The molecule has 0 aliphatic carbocycles. The number of ether oxygens (including phenoxy) is 1. The largest absolute Gasteiger partial charge is 0.383 e. The molecule has 0 amide bonds. The number of halogens is 2. The van der Waals surface area contributed by atoms with Crippen molar-refractivity contribution >= 4 is 0 Å². The Morgan fingerprint density at radius 3 is 2.90 bits per heavy atom. The van der Waals surface area contributed by atoms with Gasteiger partial charge < -0.3 is 10.1 Å². The van der Waals surface area contributed by atoms with Gasteiger partial charge in [0.2, 0.25) is 0 Å². The van der Waals surface area contributed by atoms with Crippen LogP contribution in [0.5, 0.6) is 0 Å². The van der Waals surface area contributed by atoms with E-state index in [4.69, 9.17) is 4.74 Å². The van der Waals surface area contributed by atoms with E-state index in [9.17, 15) is 8.78 Å². The van der Waals surface area contributed by atoms with Crippen LogP contribution in [0.3, 0.4) is 0 Å². The second-order valence-electron chi connectivity index (χ2n) is 4.47. The van der Waals surface area contributed by atoms with Crippen molar-refractivity contribution in [3.63, 3.8) is 0 Å². The lowest BCUT2D eigenvalue weighted by molar-refractivity contribution is 0.199. The van der Waals surface area contributed by atoms with Crippen molar-refractivity contribution in [3.05, 3.63) is 41.6 Å². The van der Waals surface area contributed by atoms with Crippen molar-refractivity contribution in [2.45, 2.75) is 6.54 Å². The maximum atomic E-state index is 13.8. The highest BCUT2D eigenvalue weighted by Crippen LogP contribution is 2.25. The normalized spacial score (nSPS) is 11.0. The fourth-order valence-electron chi connectivity index (χ4n) is 1.97. The molecular weight excluding hydrogens is 264 g/mol. The minimum Gasteiger partial charge on any atom is -0.383 e. The Bertz CT molecular complexity index is 584. The fourth-order valence-corrected chi connectivity index (χ4v) is 1.97. The molecule has 1 aromatic carbocycles. The van der Waals surface area contributed by atoms with Gasteiger partial charge in [0.15, 0.2) is 0 Å². The Morgan fingerprint density at radius 1 is 1.35 bits per heavy atom. The summed E-state index contributed by atoms with van der Waals surface area (Å²) in [7, 11) is 3.37. The summed E-state index contributed by atoms with van der Waals surface area (Å²) in [5, 5.41) is 7.39. The van der Waals surface area contributed by atoms with Gasteiger partial charge in [-0.2, -0.15) is 5.10 Å². The van der Waals surface area contributed by atoms with Gasteiger partial charge in [-0.05, 0) is 18.2 Å². The van der Waals surface area contributed by atoms with Gasteiger partial charge in [0.1, 0.15) is 11.6 Å². The number of rotatable bonds is 6. The van der Waals surface area contributed by atoms with Gasteiger partial charge >= 0.3 is 0 Å². The second kappa shape index (κ2) is 6.58. The highest BCUT2D eigenvalue weighted by molar-refractivity contribution is 5.63. The second-order valence-corrected chi connectivity index (χ2v) is 4.47. The minimum absolute atomic E-state index is 0.175. The Morgan fingerprint density at radius 2 is 2.15 bits per heavy atom. The van der Waals surface area contributed by atoms with Crippen LogP contribution in [0.1, 0.15) is 5.56 Å². The molecular formula is C14H17F2N3O. The topological polar surface area (TPSA) is 39.1 Å². The first-order valence-electron chi connectivity index (χ1n) is 6.29. The number of aromatic nitrogens is 2. The average Bonchev–Trinajstić information content (AvgIpc) is 2.78. The maximum absolute atomic E-state index is 13.8. The van der Waals surface area contributed by atoms with Crippen LogP contribution >= 0.6 is 0 Å². The third kappa shape index (κ3) is 3.40. The summed E-state index contributed by atoms with van der Waals surface area (Å²) in [5.74, 6) is -0.964. The highest BCUT2D eigenvalue weighted by atomic mass is 19.1. The van der Waals surface area contributed by atoms with Gasteiger partial charge in [-0.25, -0.2) is 8.78 Å². The van der Waals surface area contributed by atoms with E-state index >= 15 is 0 Å². The first-order valence-corrected chi connectivity index (χ1v) is 6.29. The Labute approximate surface area is 116 Å². The zero-order valence-electron chi connectivity index (χ0n) is 11.5. The van der Waals surface area contributed by atoms with Crippen LogP contribution in [0.15, 0.2) is 24.4 Å². The molecule has 0 unspecified atom stereocenters. The van der Waals surface area contributed by atoms with Crippen molar-refractivity contribution in [1.82, 2.24) is 15.1 Å². The molecule has 1 aromatic heterocycles. The van der Waals surface area contributed by atoms with Crippen LogP contribution in [0.2, 0.25) is 0 Å². The lowest BCUT2D eigenvalue weighted by Gasteiger charge is -2.05. The lowest BCUT2D eigenvalue weighted by atomic mass is 10.1. The van der Waals surface area contributed by atoms with Crippen molar-refractivity contribution in [3.8, 4) is 11.3 Å². The molecule has 0 atom stereocenters. The molecule has 0 fully saturated rings. The molecule has 2 aromatic rings. The summed E-state index contributed by atoms with van der Waals surface area (Å²) in [6, 6.07) is 3.37. The molecule has 0 spiro atoms. The summed E-state index contributed by atoms with van der Waals surface area (Å²) >= 11 is 0. The number of methoxy groups -OCH3 is 1. The third-order valence-electron chi connectivity index (χ3n) is 2.89. The van der Waals surface area contributed by atoms with Crippen molar-refractivity contribution in [1.29, 1.82) is 0 Å². The van der Waals surface area contributed by atoms with E-state index in [2.05, 4.69) is 10.4 Å². The number of nitrogens with zero attached hydrogens (tertiary/aromatic N) is 2. The molecule has 1 N–H and O–H groups in total. The van der Waals surface area contributed by atoms with Gasteiger partial charge in [0.25, 0.3) is 0 Å². The monoisotopic (exact) mass is 281 g/mol. The van der Waals surface area contributed by atoms with E-state index in [1.807, 2.05) is 0 Å². The third-order valence-corrected chi connectivity index (χ3v) is 2.89. The molecule has 0 bridgehead atoms. The van der Waals surface area contributed by atoms with E-state index in [-0.39, 0.29) is 5.56 Å². The number of nitrogens with one attached hydrogen (secondary N) is 1. The van der Waals surface area contributed by atoms with E-state index in [1.165, 1.54) is 0 Å². The van der Waals surface area contributed by atoms with Crippen molar-refractivity contribution < 1.29 is 13.5 Å². The quantitative estimate of drug-likeness (QED) is 0.824. The number of benzene rings is 1. The van der Waals surface area contributed by atoms with E-state index < -0.39 is 11.6 Å². The van der Waals surface area contributed by atoms with E-state index in [0.717, 1.165) is 23.8 Å². The standard InChI is InChI=1S/C14H17F2N3O/c1-19-9-10(8-17-5-6-20-2)14(18-19)12-7-11(15)3-4-13(12)16/h3-4,7,9,17H,5-6,8H2,1-2H3. The van der Waals surface area contributed by atoms with Gasteiger partial charge in [0, 0.05) is 44.6 Å². The van der Waals surface area contributed by atoms with Gasteiger partial charge in [0.05, 0.1) is 12.3 Å². The zero-order chi connectivity index (χ0) is 14.5. The molecule has 108 valence electrons. The SMILES string of the molecule is COCCNCc1cn(C)nc1-c1cc(F)ccc1F. The molecule has 0 aliphatic rings.